The highest BCUT2D eigenvalue weighted by Gasteiger charge is 2.26. The number of aromatic nitrogens is 2. The number of halogens is 1. The minimum Gasteiger partial charge on any atom is -0.348 e. The molecule has 0 aromatic carbocycles. The minimum absolute atomic E-state index is 0.0913. The third kappa shape index (κ3) is 4.14. The van der Waals surface area contributed by atoms with Gasteiger partial charge in [-0.15, -0.1) is 0 Å². The summed E-state index contributed by atoms with van der Waals surface area (Å²) in [5, 5.41) is 3.00. The molecule has 6 nitrogen and oxygen atoms in total. The lowest BCUT2D eigenvalue weighted by Crippen LogP contribution is -2.41. The number of amides is 1. The van der Waals surface area contributed by atoms with Crippen LogP contribution >= 0.6 is 11.6 Å². The zero-order chi connectivity index (χ0) is 15.6. The Morgan fingerprint density at radius 2 is 2.00 bits per heavy atom. The lowest BCUT2D eigenvalue weighted by atomic mass is 10.1. The summed E-state index contributed by atoms with van der Waals surface area (Å²) in [5.74, 6) is 0.470. The monoisotopic (exact) mass is 331 g/mol. The molecule has 0 atom stereocenters. The molecule has 1 amide bonds. The Morgan fingerprint density at radius 3 is 2.57 bits per heavy atom. The van der Waals surface area contributed by atoms with E-state index in [1.54, 1.807) is 0 Å². The Kier molecular flexibility index (Phi) is 4.83. The van der Waals surface area contributed by atoms with Crippen LogP contribution < -0.4 is 5.32 Å². The Bertz CT molecular complexity index is 632. The van der Waals surface area contributed by atoms with E-state index < -0.39 is 9.84 Å². The van der Waals surface area contributed by atoms with Crippen molar-refractivity contribution in [1.29, 1.82) is 0 Å². The molecule has 1 aliphatic rings. The molecule has 0 spiro atoms. The average Bonchev–Trinajstić information content (AvgIpc) is 2.41. The van der Waals surface area contributed by atoms with Gasteiger partial charge in [0.2, 0.25) is 0 Å². The van der Waals surface area contributed by atoms with E-state index in [9.17, 15) is 13.2 Å². The van der Waals surface area contributed by atoms with Crippen molar-refractivity contribution in [3.05, 3.63) is 22.7 Å². The summed E-state index contributed by atoms with van der Waals surface area (Å²) in [5.41, 5.74) is 0.142. The predicted octanol–water partition coefficient (Wildman–Crippen LogP) is 1.56. The van der Waals surface area contributed by atoms with Crippen LogP contribution in [0.25, 0.3) is 0 Å². The molecule has 0 aliphatic carbocycles. The molecule has 2 heterocycles. The molecule has 0 bridgehead atoms. The molecule has 2 rings (SSSR count). The van der Waals surface area contributed by atoms with Crippen LogP contribution in [0.4, 0.5) is 0 Å². The van der Waals surface area contributed by atoms with Gasteiger partial charge < -0.3 is 5.32 Å². The lowest BCUT2D eigenvalue weighted by molar-refractivity contribution is 0.0929. The number of hydrogen-bond acceptors (Lipinski definition) is 5. The minimum atomic E-state index is -2.95. The second-order valence-corrected chi connectivity index (χ2v) is 8.19. The van der Waals surface area contributed by atoms with Gasteiger partial charge in [0.05, 0.1) is 22.7 Å². The van der Waals surface area contributed by atoms with Crippen molar-refractivity contribution in [2.75, 3.05) is 11.5 Å². The number of carbonyl (C=O) groups is 1. The van der Waals surface area contributed by atoms with E-state index in [1.165, 1.54) is 6.20 Å². The summed E-state index contributed by atoms with van der Waals surface area (Å²) in [6.45, 7) is 3.85. The number of carbonyl (C=O) groups excluding carboxylic acids is 1. The van der Waals surface area contributed by atoms with Crippen molar-refractivity contribution < 1.29 is 13.2 Å². The standard InChI is InChI=1S/C13H18ClN3O3S/c1-8(2)12-15-7-10(14)11(17-12)13(18)16-9-3-5-21(19,20)6-4-9/h7-9H,3-6H2,1-2H3,(H,16,18). The third-order valence-corrected chi connectivity index (χ3v) is 5.38. The highest BCUT2D eigenvalue weighted by molar-refractivity contribution is 7.91. The van der Waals surface area contributed by atoms with Gasteiger partial charge in [-0.2, -0.15) is 0 Å². The molecule has 1 fully saturated rings. The molecular weight excluding hydrogens is 314 g/mol. The average molecular weight is 332 g/mol. The Labute approximate surface area is 129 Å². The van der Waals surface area contributed by atoms with Gasteiger partial charge in [-0.1, -0.05) is 25.4 Å². The van der Waals surface area contributed by atoms with Crippen LogP contribution in [0.1, 0.15) is 48.9 Å². The first kappa shape index (κ1) is 16.2. The fourth-order valence-corrected chi connectivity index (χ4v) is 3.77. The highest BCUT2D eigenvalue weighted by atomic mass is 35.5. The Morgan fingerprint density at radius 1 is 1.38 bits per heavy atom. The summed E-state index contributed by atoms with van der Waals surface area (Å²) in [6.07, 6.45) is 2.27. The molecule has 0 radical (unpaired) electrons. The van der Waals surface area contributed by atoms with Gasteiger partial charge in [0.15, 0.2) is 0 Å². The number of nitrogens with zero attached hydrogens (tertiary/aromatic N) is 2. The molecule has 1 aromatic rings. The Balaban J connectivity index is 2.09. The maximum Gasteiger partial charge on any atom is 0.271 e. The van der Waals surface area contributed by atoms with E-state index in [-0.39, 0.29) is 40.1 Å². The van der Waals surface area contributed by atoms with Crippen LogP contribution in [0.5, 0.6) is 0 Å². The maximum absolute atomic E-state index is 12.2. The summed E-state index contributed by atoms with van der Waals surface area (Å²) in [4.78, 5) is 20.5. The summed E-state index contributed by atoms with van der Waals surface area (Å²) in [6, 6.07) is -0.158. The number of rotatable bonds is 3. The number of sulfone groups is 1. The lowest BCUT2D eigenvalue weighted by Gasteiger charge is -2.23. The summed E-state index contributed by atoms with van der Waals surface area (Å²) in [7, 11) is -2.95. The van der Waals surface area contributed by atoms with Crippen molar-refractivity contribution in [2.45, 2.75) is 38.6 Å². The molecular formula is C13H18ClN3O3S. The van der Waals surface area contributed by atoms with Gasteiger partial charge in [-0.3, -0.25) is 4.79 Å². The normalized spacial score (nSPS) is 18.7. The van der Waals surface area contributed by atoms with Crippen LogP contribution in [0.3, 0.4) is 0 Å². The SMILES string of the molecule is CC(C)c1ncc(Cl)c(C(=O)NC2CCS(=O)(=O)CC2)n1. The smallest absolute Gasteiger partial charge is 0.271 e. The topological polar surface area (TPSA) is 89.0 Å². The molecule has 1 N–H and O–H groups in total. The first-order valence-electron chi connectivity index (χ1n) is 6.82. The molecule has 1 aromatic heterocycles. The van der Waals surface area contributed by atoms with E-state index in [0.717, 1.165) is 0 Å². The van der Waals surface area contributed by atoms with Crippen LogP contribution in [0, 0.1) is 0 Å². The first-order valence-corrected chi connectivity index (χ1v) is 9.02. The van der Waals surface area contributed by atoms with Crippen LogP contribution in [0.2, 0.25) is 5.02 Å². The van der Waals surface area contributed by atoms with Gasteiger partial charge in [0.25, 0.3) is 5.91 Å². The molecule has 21 heavy (non-hydrogen) atoms. The van der Waals surface area contributed by atoms with Crippen LogP contribution in [-0.4, -0.2) is 41.8 Å². The van der Waals surface area contributed by atoms with E-state index in [1.807, 2.05) is 13.8 Å². The zero-order valence-corrected chi connectivity index (χ0v) is 13.5. The van der Waals surface area contributed by atoms with Crippen molar-refractivity contribution >= 4 is 27.3 Å². The van der Waals surface area contributed by atoms with Crippen LogP contribution in [0.15, 0.2) is 6.20 Å². The highest BCUT2D eigenvalue weighted by Crippen LogP contribution is 2.18. The molecule has 8 heteroatoms. The molecule has 1 saturated heterocycles. The van der Waals surface area contributed by atoms with Gasteiger partial charge in [-0.25, -0.2) is 18.4 Å². The molecule has 0 unspecified atom stereocenters. The van der Waals surface area contributed by atoms with Crippen molar-refractivity contribution in [3.8, 4) is 0 Å². The Hall–Kier alpha value is -1.21. The summed E-state index contributed by atoms with van der Waals surface area (Å²) >= 11 is 5.98. The fraction of sp³-hybridized carbons (Fsp3) is 0.615. The van der Waals surface area contributed by atoms with Crippen LogP contribution in [-0.2, 0) is 9.84 Å². The maximum atomic E-state index is 12.2. The van der Waals surface area contributed by atoms with Gasteiger partial charge in [0.1, 0.15) is 21.4 Å². The number of hydrogen-bond donors (Lipinski definition) is 1. The van der Waals surface area contributed by atoms with Crippen molar-refractivity contribution in [3.63, 3.8) is 0 Å². The predicted molar refractivity (Wildman–Crippen MR) is 80.3 cm³/mol. The van der Waals surface area contributed by atoms with E-state index in [2.05, 4.69) is 15.3 Å². The number of nitrogens with one attached hydrogen (secondary N) is 1. The third-order valence-electron chi connectivity index (χ3n) is 3.38. The fourth-order valence-electron chi connectivity index (χ4n) is 2.11. The second kappa shape index (κ2) is 6.27. The second-order valence-electron chi connectivity index (χ2n) is 5.48. The van der Waals surface area contributed by atoms with E-state index >= 15 is 0 Å². The molecule has 0 saturated carbocycles. The molecule has 1 aliphatic heterocycles. The molecule has 116 valence electrons. The summed E-state index contributed by atoms with van der Waals surface area (Å²) < 4.78 is 22.7. The zero-order valence-electron chi connectivity index (χ0n) is 12.0. The quantitative estimate of drug-likeness (QED) is 0.908. The largest absolute Gasteiger partial charge is 0.348 e. The van der Waals surface area contributed by atoms with Gasteiger partial charge in [-0.05, 0) is 12.8 Å². The van der Waals surface area contributed by atoms with Gasteiger partial charge >= 0.3 is 0 Å². The van der Waals surface area contributed by atoms with Crippen molar-refractivity contribution in [2.24, 2.45) is 0 Å². The van der Waals surface area contributed by atoms with E-state index in [4.69, 9.17) is 11.6 Å². The first-order chi connectivity index (χ1) is 9.78. The van der Waals surface area contributed by atoms with E-state index in [0.29, 0.717) is 18.7 Å². The van der Waals surface area contributed by atoms with Gasteiger partial charge in [0, 0.05) is 12.0 Å². The van der Waals surface area contributed by atoms with Crippen molar-refractivity contribution in [1.82, 2.24) is 15.3 Å².